The molecule has 0 aliphatic heterocycles. The SMILES string of the molecule is CCNC1CCC(C)CC1Cc1ccc2c(c1)CCC2. The van der Waals surface area contributed by atoms with Gasteiger partial charge in [0.2, 0.25) is 0 Å². The second kappa shape index (κ2) is 6.30. The van der Waals surface area contributed by atoms with E-state index in [9.17, 15) is 0 Å². The molecule has 3 unspecified atom stereocenters. The van der Waals surface area contributed by atoms with Crippen LogP contribution in [0.5, 0.6) is 0 Å². The molecule has 1 aromatic carbocycles. The normalized spacial score (nSPS) is 29.4. The summed E-state index contributed by atoms with van der Waals surface area (Å²) in [4.78, 5) is 0. The summed E-state index contributed by atoms with van der Waals surface area (Å²) in [5, 5.41) is 3.73. The molecule has 110 valence electrons. The minimum Gasteiger partial charge on any atom is -0.314 e. The number of benzene rings is 1. The van der Waals surface area contributed by atoms with Gasteiger partial charge in [-0.15, -0.1) is 0 Å². The van der Waals surface area contributed by atoms with Crippen molar-refractivity contribution in [2.75, 3.05) is 6.54 Å². The third kappa shape index (κ3) is 3.09. The smallest absolute Gasteiger partial charge is 0.00985 e. The Hall–Kier alpha value is -0.820. The Bertz CT molecular complexity index is 451. The first-order valence-electron chi connectivity index (χ1n) is 8.60. The molecule has 0 saturated heterocycles. The quantitative estimate of drug-likeness (QED) is 0.868. The van der Waals surface area contributed by atoms with Crippen molar-refractivity contribution in [3.05, 3.63) is 34.9 Å². The van der Waals surface area contributed by atoms with Crippen LogP contribution in [-0.2, 0) is 19.3 Å². The van der Waals surface area contributed by atoms with Crippen molar-refractivity contribution in [2.45, 2.75) is 64.8 Å². The molecule has 20 heavy (non-hydrogen) atoms. The first-order chi connectivity index (χ1) is 9.76. The zero-order chi connectivity index (χ0) is 13.9. The lowest BCUT2D eigenvalue weighted by Crippen LogP contribution is -2.41. The Balaban J connectivity index is 1.70. The predicted octanol–water partition coefficient (Wildman–Crippen LogP) is 4.13. The zero-order valence-corrected chi connectivity index (χ0v) is 13.1. The van der Waals surface area contributed by atoms with Crippen LogP contribution in [0.1, 0.15) is 56.2 Å². The van der Waals surface area contributed by atoms with Crippen molar-refractivity contribution in [1.82, 2.24) is 5.32 Å². The molecule has 1 saturated carbocycles. The highest BCUT2D eigenvalue weighted by atomic mass is 14.9. The van der Waals surface area contributed by atoms with Crippen LogP contribution in [0.2, 0.25) is 0 Å². The lowest BCUT2D eigenvalue weighted by molar-refractivity contribution is 0.214. The number of fused-ring (bicyclic) bond motifs is 1. The summed E-state index contributed by atoms with van der Waals surface area (Å²) in [6, 6.07) is 8.04. The van der Waals surface area contributed by atoms with Crippen molar-refractivity contribution in [1.29, 1.82) is 0 Å². The Morgan fingerprint density at radius 1 is 1.15 bits per heavy atom. The van der Waals surface area contributed by atoms with Gasteiger partial charge >= 0.3 is 0 Å². The van der Waals surface area contributed by atoms with Gasteiger partial charge < -0.3 is 5.32 Å². The monoisotopic (exact) mass is 271 g/mol. The van der Waals surface area contributed by atoms with E-state index >= 15 is 0 Å². The van der Waals surface area contributed by atoms with Crippen molar-refractivity contribution in [3.8, 4) is 0 Å². The first kappa shape index (κ1) is 14.1. The molecule has 0 bridgehead atoms. The van der Waals surface area contributed by atoms with Crippen LogP contribution in [0, 0.1) is 11.8 Å². The van der Waals surface area contributed by atoms with E-state index in [4.69, 9.17) is 0 Å². The molecular formula is C19H29N. The molecule has 0 aromatic heterocycles. The van der Waals surface area contributed by atoms with E-state index < -0.39 is 0 Å². The fourth-order valence-corrected chi connectivity index (χ4v) is 4.31. The van der Waals surface area contributed by atoms with E-state index in [1.54, 1.807) is 16.7 Å². The molecule has 2 aliphatic rings. The van der Waals surface area contributed by atoms with Crippen LogP contribution >= 0.6 is 0 Å². The van der Waals surface area contributed by atoms with E-state index in [0.717, 1.165) is 24.4 Å². The van der Waals surface area contributed by atoms with E-state index in [0.29, 0.717) is 0 Å². The fourth-order valence-electron chi connectivity index (χ4n) is 4.31. The van der Waals surface area contributed by atoms with Gasteiger partial charge in [-0.25, -0.2) is 0 Å². The highest BCUT2D eigenvalue weighted by Crippen LogP contribution is 2.32. The van der Waals surface area contributed by atoms with Gasteiger partial charge in [0.05, 0.1) is 0 Å². The van der Waals surface area contributed by atoms with Crippen molar-refractivity contribution >= 4 is 0 Å². The van der Waals surface area contributed by atoms with Gasteiger partial charge in [0.25, 0.3) is 0 Å². The molecule has 0 amide bonds. The molecular weight excluding hydrogens is 242 g/mol. The van der Waals surface area contributed by atoms with Gasteiger partial charge in [0.15, 0.2) is 0 Å². The summed E-state index contributed by atoms with van der Waals surface area (Å²) in [5.74, 6) is 1.74. The molecule has 2 aliphatic carbocycles. The van der Waals surface area contributed by atoms with Crippen molar-refractivity contribution in [2.24, 2.45) is 11.8 Å². The van der Waals surface area contributed by atoms with Gasteiger partial charge in [-0.05, 0) is 80.0 Å². The summed E-state index contributed by atoms with van der Waals surface area (Å²) in [5.41, 5.74) is 4.81. The largest absolute Gasteiger partial charge is 0.314 e. The average Bonchev–Trinajstić information content (AvgIpc) is 2.89. The fraction of sp³-hybridized carbons (Fsp3) is 0.684. The van der Waals surface area contributed by atoms with Crippen LogP contribution in [0.4, 0.5) is 0 Å². The summed E-state index contributed by atoms with van der Waals surface area (Å²) in [6.45, 7) is 5.78. The lowest BCUT2D eigenvalue weighted by Gasteiger charge is -2.35. The van der Waals surface area contributed by atoms with Gasteiger partial charge in [-0.1, -0.05) is 32.0 Å². The Kier molecular flexibility index (Phi) is 4.45. The van der Waals surface area contributed by atoms with Gasteiger partial charge in [-0.3, -0.25) is 0 Å². The van der Waals surface area contributed by atoms with Crippen LogP contribution in [0.25, 0.3) is 0 Å². The number of rotatable bonds is 4. The standard InChI is InChI=1S/C19H29N/c1-3-20-19-10-7-14(2)11-18(19)13-15-8-9-16-5-4-6-17(16)12-15/h8-9,12,14,18-20H,3-7,10-11,13H2,1-2H3. The highest BCUT2D eigenvalue weighted by molar-refractivity contribution is 5.35. The maximum atomic E-state index is 3.73. The molecule has 0 heterocycles. The molecule has 0 spiro atoms. The topological polar surface area (TPSA) is 12.0 Å². The van der Waals surface area contributed by atoms with E-state index in [2.05, 4.69) is 37.4 Å². The predicted molar refractivity (Wildman–Crippen MR) is 86.1 cm³/mol. The zero-order valence-electron chi connectivity index (χ0n) is 13.1. The number of hydrogen-bond acceptors (Lipinski definition) is 1. The molecule has 1 N–H and O–H groups in total. The summed E-state index contributed by atoms with van der Waals surface area (Å²) in [7, 11) is 0. The van der Waals surface area contributed by atoms with E-state index in [-0.39, 0.29) is 0 Å². The number of aryl methyl sites for hydroxylation is 2. The first-order valence-corrected chi connectivity index (χ1v) is 8.60. The Morgan fingerprint density at radius 3 is 2.85 bits per heavy atom. The van der Waals surface area contributed by atoms with Gasteiger partial charge in [0.1, 0.15) is 0 Å². The van der Waals surface area contributed by atoms with Crippen LogP contribution in [-0.4, -0.2) is 12.6 Å². The highest BCUT2D eigenvalue weighted by Gasteiger charge is 2.28. The molecule has 0 radical (unpaired) electrons. The van der Waals surface area contributed by atoms with E-state index in [1.165, 1.54) is 44.9 Å². The minimum absolute atomic E-state index is 0.740. The van der Waals surface area contributed by atoms with Crippen LogP contribution in [0.3, 0.4) is 0 Å². The van der Waals surface area contributed by atoms with Crippen LogP contribution in [0.15, 0.2) is 18.2 Å². The Labute approximate surface area is 124 Å². The molecule has 3 rings (SSSR count). The molecule has 1 fully saturated rings. The molecule has 3 atom stereocenters. The molecule has 1 nitrogen and oxygen atoms in total. The lowest BCUT2D eigenvalue weighted by atomic mass is 9.76. The summed E-state index contributed by atoms with van der Waals surface area (Å²) < 4.78 is 0. The van der Waals surface area contributed by atoms with Crippen molar-refractivity contribution in [3.63, 3.8) is 0 Å². The second-order valence-electron chi connectivity index (χ2n) is 7.00. The number of hydrogen-bond donors (Lipinski definition) is 1. The Morgan fingerprint density at radius 2 is 2.00 bits per heavy atom. The van der Waals surface area contributed by atoms with Gasteiger partial charge in [0, 0.05) is 6.04 Å². The third-order valence-electron chi connectivity index (χ3n) is 5.37. The molecule has 1 heteroatoms. The summed E-state index contributed by atoms with van der Waals surface area (Å²) in [6.07, 6.45) is 9.41. The third-order valence-corrected chi connectivity index (χ3v) is 5.37. The van der Waals surface area contributed by atoms with Gasteiger partial charge in [-0.2, -0.15) is 0 Å². The number of nitrogens with one attached hydrogen (secondary N) is 1. The van der Waals surface area contributed by atoms with Crippen molar-refractivity contribution < 1.29 is 0 Å². The second-order valence-corrected chi connectivity index (χ2v) is 7.00. The van der Waals surface area contributed by atoms with E-state index in [1.807, 2.05) is 0 Å². The maximum absolute atomic E-state index is 3.73. The maximum Gasteiger partial charge on any atom is 0.00985 e. The van der Waals surface area contributed by atoms with Crippen LogP contribution < -0.4 is 5.32 Å². The average molecular weight is 271 g/mol. The molecule has 1 aromatic rings. The summed E-state index contributed by atoms with van der Waals surface area (Å²) >= 11 is 0. The minimum atomic E-state index is 0.740.